The van der Waals surface area contributed by atoms with Gasteiger partial charge in [0.05, 0.1) is 6.10 Å². The highest BCUT2D eigenvalue weighted by Crippen LogP contribution is 2.24. The van der Waals surface area contributed by atoms with Crippen LogP contribution in [0.5, 0.6) is 5.75 Å². The molecule has 0 aliphatic carbocycles. The third-order valence-corrected chi connectivity index (χ3v) is 5.44. The number of para-hydroxylation sites is 1. The van der Waals surface area contributed by atoms with Crippen LogP contribution in [0.1, 0.15) is 37.4 Å². The number of amides is 2. The molecule has 0 aliphatic rings. The Kier molecular flexibility index (Phi) is 10.5. The average Bonchev–Trinajstić information content (AvgIpc) is 2.89. The lowest BCUT2D eigenvalue weighted by Gasteiger charge is -2.31. The van der Waals surface area contributed by atoms with Gasteiger partial charge in [0.25, 0.3) is 5.91 Å². The maximum atomic E-state index is 13.5. The van der Waals surface area contributed by atoms with E-state index < -0.39 is 6.04 Å². The number of carbonyl (C=O) groups excluding carboxylic acids is 2. The Bertz CT molecular complexity index is 1080. The molecule has 36 heavy (non-hydrogen) atoms. The summed E-state index contributed by atoms with van der Waals surface area (Å²) < 4.78 is 24.8. The van der Waals surface area contributed by atoms with Gasteiger partial charge in [-0.15, -0.1) is 0 Å². The molecule has 2 amide bonds. The molecule has 0 saturated carbocycles. The molecule has 1 atom stereocenters. The molecule has 3 aromatic carbocycles. The molecule has 190 valence electrons. The molecule has 0 aliphatic heterocycles. The first-order chi connectivity index (χ1) is 17.4. The number of hydrogen-bond donors (Lipinski definition) is 1. The number of benzene rings is 3. The van der Waals surface area contributed by atoms with Crippen LogP contribution >= 0.6 is 0 Å². The summed E-state index contributed by atoms with van der Waals surface area (Å²) >= 11 is 0. The fraction of sp³-hybridized carbons (Fsp3) is 0.310. The quantitative estimate of drug-likeness (QED) is 0.345. The average molecular weight is 493 g/mol. The van der Waals surface area contributed by atoms with Crippen molar-refractivity contribution >= 4 is 11.8 Å². The summed E-state index contributed by atoms with van der Waals surface area (Å²) in [5, 5.41) is 2.95. The number of nitrogens with one attached hydrogen (secondary N) is 1. The number of ether oxygens (including phenoxy) is 2. The standard InChI is InChI=1S/C29H33FN2O4/c1-22(2)35-19-9-18-31-29(34)28(24-10-5-3-6-11-24)32(20-23-14-16-25(30)17-15-23)27(33)21-36-26-12-7-4-8-13-26/h3-8,10-17,22,28H,9,18-21H2,1-2H3,(H,31,34)/t28-/m1/s1. The minimum Gasteiger partial charge on any atom is -0.484 e. The first kappa shape index (κ1) is 26.9. The van der Waals surface area contributed by atoms with Crippen molar-refractivity contribution in [2.24, 2.45) is 0 Å². The molecule has 0 saturated heterocycles. The lowest BCUT2D eigenvalue weighted by molar-refractivity contribution is -0.143. The van der Waals surface area contributed by atoms with Gasteiger partial charge in [-0.2, -0.15) is 0 Å². The summed E-state index contributed by atoms with van der Waals surface area (Å²) in [5.41, 5.74) is 1.37. The third-order valence-electron chi connectivity index (χ3n) is 5.44. The van der Waals surface area contributed by atoms with Crippen LogP contribution in [0.2, 0.25) is 0 Å². The maximum absolute atomic E-state index is 13.5. The highest BCUT2D eigenvalue weighted by molar-refractivity contribution is 5.89. The normalized spacial score (nSPS) is 11.7. The van der Waals surface area contributed by atoms with Crippen LogP contribution in [0.15, 0.2) is 84.9 Å². The molecular formula is C29H33FN2O4. The molecule has 0 aromatic heterocycles. The van der Waals surface area contributed by atoms with Gasteiger partial charge in [-0.25, -0.2) is 4.39 Å². The summed E-state index contributed by atoms with van der Waals surface area (Å²) in [6.45, 7) is 4.72. The van der Waals surface area contributed by atoms with E-state index >= 15 is 0 Å². The second-order valence-electron chi connectivity index (χ2n) is 8.63. The Morgan fingerprint density at radius 1 is 0.917 bits per heavy atom. The summed E-state index contributed by atoms with van der Waals surface area (Å²) in [5.74, 6) is -0.486. The van der Waals surface area contributed by atoms with Crippen LogP contribution in [0.4, 0.5) is 4.39 Å². The zero-order chi connectivity index (χ0) is 25.8. The zero-order valence-corrected chi connectivity index (χ0v) is 20.7. The molecule has 1 N–H and O–H groups in total. The fourth-order valence-corrected chi connectivity index (χ4v) is 3.66. The van der Waals surface area contributed by atoms with E-state index in [0.717, 1.165) is 0 Å². The van der Waals surface area contributed by atoms with E-state index in [0.29, 0.717) is 36.4 Å². The number of hydrogen-bond acceptors (Lipinski definition) is 4. The van der Waals surface area contributed by atoms with Gasteiger partial charge < -0.3 is 19.7 Å². The third kappa shape index (κ3) is 8.50. The summed E-state index contributed by atoms with van der Waals surface area (Å²) in [4.78, 5) is 28.4. The van der Waals surface area contributed by atoms with E-state index in [2.05, 4.69) is 5.32 Å². The molecule has 3 aromatic rings. The Labute approximate surface area is 212 Å². The van der Waals surface area contributed by atoms with Crippen LogP contribution in [0.25, 0.3) is 0 Å². The predicted molar refractivity (Wildman–Crippen MR) is 137 cm³/mol. The zero-order valence-electron chi connectivity index (χ0n) is 20.7. The van der Waals surface area contributed by atoms with Crippen molar-refractivity contribution < 1.29 is 23.5 Å². The molecule has 0 fully saturated rings. The van der Waals surface area contributed by atoms with Crippen molar-refractivity contribution in [3.63, 3.8) is 0 Å². The minimum absolute atomic E-state index is 0.112. The maximum Gasteiger partial charge on any atom is 0.261 e. The van der Waals surface area contributed by atoms with E-state index in [9.17, 15) is 14.0 Å². The van der Waals surface area contributed by atoms with Crippen LogP contribution in [-0.2, 0) is 20.9 Å². The Hall–Kier alpha value is -3.71. The van der Waals surface area contributed by atoms with E-state index in [-0.39, 0.29) is 36.9 Å². The summed E-state index contributed by atoms with van der Waals surface area (Å²) in [6, 6.07) is 23.2. The van der Waals surface area contributed by atoms with E-state index in [1.165, 1.54) is 17.0 Å². The molecule has 3 rings (SSSR count). The molecule has 7 heteroatoms. The smallest absolute Gasteiger partial charge is 0.261 e. The Morgan fingerprint density at radius 3 is 2.19 bits per heavy atom. The van der Waals surface area contributed by atoms with Crippen molar-refractivity contribution in [3.05, 3.63) is 102 Å². The van der Waals surface area contributed by atoms with Crippen molar-refractivity contribution in [3.8, 4) is 5.75 Å². The molecular weight excluding hydrogens is 459 g/mol. The first-order valence-electron chi connectivity index (χ1n) is 12.1. The highest BCUT2D eigenvalue weighted by atomic mass is 19.1. The topological polar surface area (TPSA) is 67.9 Å². The van der Waals surface area contributed by atoms with Gasteiger partial charge in [-0.05, 0) is 55.7 Å². The van der Waals surface area contributed by atoms with Gasteiger partial charge in [-0.3, -0.25) is 9.59 Å². The lowest BCUT2D eigenvalue weighted by Crippen LogP contribution is -2.45. The van der Waals surface area contributed by atoms with E-state index in [1.807, 2.05) is 62.4 Å². The van der Waals surface area contributed by atoms with Crippen molar-refractivity contribution in [2.45, 2.75) is 39.0 Å². The summed E-state index contributed by atoms with van der Waals surface area (Å²) in [7, 11) is 0. The highest BCUT2D eigenvalue weighted by Gasteiger charge is 2.31. The van der Waals surface area contributed by atoms with Gasteiger partial charge in [0.2, 0.25) is 5.91 Å². The molecule has 0 radical (unpaired) electrons. The van der Waals surface area contributed by atoms with Gasteiger partial charge in [0.1, 0.15) is 17.6 Å². The van der Waals surface area contributed by atoms with Gasteiger partial charge in [0, 0.05) is 19.7 Å². The second kappa shape index (κ2) is 14.0. The van der Waals surface area contributed by atoms with Crippen LogP contribution in [0.3, 0.4) is 0 Å². The van der Waals surface area contributed by atoms with Crippen molar-refractivity contribution in [2.75, 3.05) is 19.8 Å². The Morgan fingerprint density at radius 2 is 1.56 bits per heavy atom. The number of rotatable bonds is 13. The van der Waals surface area contributed by atoms with Crippen LogP contribution in [0, 0.1) is 5.82 Å². The first-order valence-corrected chi connectivity index (χ1v) is 12.1. The van der Waals surface area contributed by atoms with Gasteiger partial charge in [-0.1, -0.05) is 60.7 Å². The number of halogens is 1. The largest absolute Gasteiger partial charge is 0.484 e. The monoisotopic (exact) mass is 492 g/mol. The van der Waals surface area contributed by atoms with Crippen molar-refractivity contribution in [1.29, 1.82) is 0 Å². The SMILES string of the molecule is CC(C)OCCCNC(=O)[C@@H](c1ccccc1)N(Cc1ccc(F)cc1)C(=O)COc1ccccc1. The molecule has 6 nitrogen and oxygen atoms in total. The molecule has 0 bridgehead atoms. The minimum atomic E-state index is -0.894. The molecule has 0 unspecified atom stereocenters. The number of nitrogens with zero attached hydrogens (tertiary/aromatic N) is 1. The fourth-order valence-electron chi connectivity index (χ4n) is 3.66. The van der Waals surface area contributed by atoms with Gasteiger partial charge in [0.15, 0.2) is 6.61 Å². The van der Waals surface area contributed by atoms with Crippen LogP contribution < -0.4 is 10.1 Å². The summed E-state index contributed by atoms with van der Waals surface area (Å²) in [6.07, 6.45) is 0.764. The lowest BCUT2D eigenvalue weighted by atomic mass is 10.0. The predicted octanol–water partition coefficient (Wildman–Crippen LogP) is 4.91. The van der Waals surface area contributed by atoms with E-state index in [4.69, 9.17) is 9.47 Å². The molecule has 0 spiro atoms. The Balaban J connectivity index is 1.83. The van der Waals surface area contributed by atoms with Crippen molar-refractivity contribution in [1.82, 2.24) is 10.2 Å². The molecule has 0 heterocycles. The van der Waals surface area contributed by atoms with Gasteiger partial charge >= 0.3 is 0 Å². The van der Waals surface area contributed by atoms with Crippen LogP contribution in [-0.4, -0.2) is 42.6 Å². The second-order valence-corrected chi connectivity index (χ2v) is 8.63. The number of carbonyl (C=O) groups is 2. The van der Waals surface area contributed by atoms with E-state index in [1.54, 1.807) is 24.3 Å².